The molecule has 0 amide bonds. The molecule has 2 heterocycles. The minimum atomic E-state index is -0.142. The Morgan fingerprint density at radius 2 is 1.95 bits per heavy atom. The van der Waals surface area contributed by atoms with Crippen molar-refractivity contribution in [1.82, 2.24) is 4.98 Å². The van der Waals surface area contributed by atoms with Crippen molar-refractivity contribution in [3.8, 4) is 11.5 Å². The van der Waals surface area contributed by atoms with Gasteiger partial charge in [0.25, 0.3) is 0 Å². The maximum atomic E-state index is 6.19. The molecular formula is C15H16N2O2. The summed E-state index contributed by atoms with van der Waals surface area (Å²) in [5.74, 6) is 1.54. The molecule has 4 nitrogen and oxygen atoms in total. The second-order valence-corrected chi connectivity index (χ2v) is 4.60. The van der Waals surface area contributed by atoms with Crippen LogP contribution in [0.2, 0.25) is 0 Å². The fraction of sp³-hybridized carbons (Fsp3) is 0.267. The lowest BCUT2D eigenvalue weighted by Crippen LogP contribution is -2.46. The van der Waals surface area contributed by atoms with Gasteiger partial charge in [0.1, 0.15) is 12.7 Å². The highest BCUT2D eigenvalue weighted by Gasteiger charge is 2.26. The highest BCUT2D eigenvalue weighted by Crippen LogP contribution is 2.31. The van der Waals surface area contributed by atoms with E-state index in [1.54, 1.807) is 6.20 Å². The van der Waals surface area contributed by atoms with Gasteiger partial charge in [0.05, 0.1) is 6.04 Å². The number of ether oxygens (including phenoxy) is 2. The summed E-state index contributed by atoms with van der Waals surface area (Å²) in [5, 5.41) is 0. The van der Waals surface area contributed by atoms with Crippen LogP contribution in [0.4, 0.5) is 0 Å². The van der Waals surface area contributed by atoms with Crippen LogP contribution in [0.5, 0.6) is 11.5 Å². The molecule has 0 spiro atoms. The van der Waals surface area contributed by atoms with Gasteiger partial charge in [-0.1, -0.05) is 18.2 Å². The van der Waals surface area contributed by atoms with Crippen LogP contribution in [0.25, 0.3) is 0 Å². The van der Waals surface area contributed by atoms with Crippen LogP contribution >= 0.6 is 0 Å². The lowest BCUT2D eigenvalue weighted by Gasteiger charge is -2.30. The van der Waals surface area contributed by atoms with Crippen molar-refractivity contribution in [2.45, 2.75) is 18.6 Å². The van der Waals surface area contributed by atoms with Gasteiger partial charge in [-0.15, -0.1) is 0 Å². The van der Waals surface area contributed by atoms with E-state index in [1.165, 1.54) is 0 Å². The lowest BCUT2D eigenvalue weighted by atomic mass is 10.1. The van der Waals surface area contributed by atoms with Gasteiger partial charge in [-0.3, -0.25) is 4.98 Å². The third-order valence-corrected chi connectivity index (χ3v) is 3.18. The van der Waals surface area contributed by atoms with Crippen LogP contribution in [0, 0.1) is 0 Å². The Morgan fingerprint density at radius 1 is 1.16 bits per heavy atom. The van der Waals surface area contributed by atoms with Gasteiger partial charge in [-0.2, -0.15) is 0 Å². The van der Waals surface area contributed by atoms with E-state index in [2.05, 4.69) is 4.98 Å². The summed E-state index contributed by atoms with van der Waals surface area (Å²) in [5.41, 5.74) is 7.16. The predicted molar refractivity (Wildman–Crippen MR) is 72.3 cm³/mol. The third kappa shape index (κ3) is 2.69. The number of fused-ring (bicyclic) bond motifs is 1. The van der Waals surface area contributed by atoms with Gasteiger partial charge < -0.3 is 15.2 Å². The van der Waals surface area contributed by atoms with Crippen LogP contribution in [0.15, 0.2) is 48.7 Å². The molecule has 1 aromatic carbocycles. The first kappa shape index (κ1) is 12.0. The van der Waals surface area contributed by atoms with Crippen LogP contribution in [-0.2, 0) is 6.42 Å². The minimum absolute atomic E-state index is 0.136. The maximum Gasteiger partial charge on any atom is 0.161 e. The molecule has 0 saturated heterocycles. The standard InChI is InChI=1S/C15H16N2O2/c16-12(9-11-5-3-4-8-17-11)15-10-18-13-6-1-2-7-14(13)19-15/h1-8,12,15H,9-10,16H2/t12-,15-/m0/s1. The number of benzene rings is 1. The molecule has 4 heteroatoms. The SMILES string of the molecule is N[C@@H](Cc1ccccn1)[C@@H]1COc2ccccc2O1. The quantitative estimate of drug-likeness (QED) is 0.909. The van der Waals surface area contributed by atoms with Crippen LogP contribution in [0.3, 0.4) is 0 Å². The average molecular weight is 256 g/mol. The topological polar surface area (TPSA) is 57.4 Å². The molecule has 0 radical (unpaired) electrons. The molecule has 98 valence electrons. The number of rotatable bonds is 3. The van der Waals surface area contributed by atoms with Crippen molar-refractivity contribution in [1.29, 1.82) is 0 Å². The summed E-state index contributed by atoms with van der Waals surface area (Å²) in [6, 6.07) is 13.3. The van der Waals surface area contributed by atoms with Crippen LogP contribution in [-0.4, -0.2) is 23.7 Å². The first-order chi connectivity index (χ1) is 9.33. The van der Waals surface area contributed by atoms with E-state index in [4.69, 9.17) is 15.2 Å². The molecule has 0 fully saturated rings. The van der Waals surface area contributed by atoms with Gasteiger partial charge in [-0.25, -0.2) is 0 Å². The highest BCUT2D eigenvalue weighted by atomic mass is 16.6. The molecule has 3 rings (SSSR count). The normalized spacial score (nSPS) is 18.9. The smallest absolute Gasteiger partial charge is 0.161 e. The van der Waals surface area contributed by atoms with Crippen molar-refractivity contribution in [2.24, 2.45) is 5.73 Å². The van der Waals surface area contributed by atoms with Crippen molar-refractivity contribution in [2.75, 3.05) is 6.61 Å². The fourth-order valence-electron chi connectivity index (χ4n) is 2.14. The van der Waals surface area contributed by atoms with E-state index in [9.17, 15) is 0 Å². The molecular weight excluding hydrogens is 240 g/mol. The number of pyridine rings is 1. The summed E-state index contributed by atoms with van der Waals surface area (Å²) >= 11 is 0. The second kappa shape index (κ2) is 5.28. The third-order valence-electron chi connectivity index (χ3n) is 3.18. The molecule has 2 N–H and O–H groups in total. The summed E-state index contributed by atoms with van der Waals surface area (Å²) in [4.78, 5) is 4.28. The zero-order valence-corrected chi connectivity index (χ0v) is 10.5. The molecule has 2 aromatic rings. The Kier molecular flexibility index (Phi) is 3.33. The lowest BCUT2D eigenvalue weighted by molar-refractivity contribution is 0.0720. The Morgan fingerprint density at radius 3 is 2.74 bits per heavy atom. The van der Waals surface area contributed by atoms with E-state index < -0.39 is 0 Å². The molecule has 1 aliphatic heterocycles. The zero-order chi connectivity index (χ0) is 13.1. The van der Waals surface area contributed by atoms with Gasteiger partial charge in [0, 0.05) is 18.3 Å². The van der Waals surface area contributed by atoms with E-state index in [0.29, 0.717) is 13.0 Å². The highest BCUT2D eigenvalue weighted by molar-refractivity contribution is 5.40. The first-order valence-corrected chi connectivity index (χ1v) is 6.37. The number of hydrogen-bond acceptors (Lipinski definition) is 4. The van der Waals surface area contributed by atoms with E-state index in [0.717, 1.165) is 17.2 Å². The molecule has 1 aromatic heterocycles. The summed E-state index contributed by atoms with van der Waals surface area (Å²) in [7, 11) is 0. The minimum Gasteiger partial charge on any atom is -0.486 e. The molecule has 0 unspecified atom stereocenters. The molecule has 0 saturated carbocycles. The number of aromatic nitrogens is 1. The van der Waals surface area contributed by atoms with Gasteiger partial charge in [0.2, 0.25) is 0 Å². The second-order valence-electron chi connectivity index (χ2n) is 4.60. The fourth-order valence-corrected chi connectivity index (χ4v) is 2.14. The molecule has 19 heavy (non-hydrogen) atoms. The van der Waals surface area contributed by atoms with E-state index >= 15 is 0 Å². The number of nitrogens with two attached hydrogens (primary N) is 1. The summed E-state index contributed by atoms with van der Waals surface area (Å²) in [6.07, 6.45) is 2.31. The van der Waals surface area contributed by atoms with Crippen molar-refractivity contribution < 1.29 is 9.47 Å². The number of para-hydroxylation sites is 2. The molecule has 2 atom stereocenters. The van der Waals surface area contributed by atoms with Crippen LogP contribution in [0.1, 0.15) is 5.69 Å². The van der Waals surface area contributed by atoms with Crippen LogP contribution < -0.4 is 15.2 Å². The Labute approximate surface area is 112 Å². The van der Waals surface area contributed by atoms with Crippen molar-refractivity contribution in [3.05, 3.63) is 54.4 Å². The summed E-state index contributed by atoms with van der Waals surface area (Å²) < 4.78 is 11.6. The van der Waals surface area contributed by atoms with Gasteiger partial charge in [-0.05, 0) is 24.3 Å². The van der Waals surface area contributed by atoms with E-state index in [-0.39, 0.29) is 12.1 Å². The maximum absolute atomic E-state index is 6.19. The Balaban J connectivity index is 1.68. The van der Waals surface area contributed by atoms with E-state index in [1.807, 2.05) is 42.5 Å². The monoisotopic (exact) mass is 256 g/mol. The largest absolute Gasteiger partial charge is 0.486 e. The number of hydrogen-bond donors (Lipinski definition) is 1. The van der Waals surface area contributed by atoms with Gasteiger partial charge in [0.15, 0.2) is 11.5 Å². The first-order valence-electron chi connectivity index (χ1n) is 6.37. The Bertz CT molecular complexity index is 545. The average Bonchev–Trinajstić information content (AvgIpc) is 2.48. The zero-order valence-electron chi connectivity index (χ0n) is 10.5. The Hall–Kier alpha value is -2.07. The van der Waals surface area contributed by atoms with Gasteiger partial charge >= 0.3 is 0 Å². The van der Waals surface area contributed by atoms with Crippen molar-refractivity contribution >= 4 is 0 Å². The predicted octanol–water partition coefficient (Wildman–Crippen LogP) is 1.79. The molecule has 1 aliphatic rings. The summed E-state index contributed by atoms with van der Waals surface area (Å²) in [6.45, 7) is 0.477. The molecule has 0 aliphatic carbocycles. The molecule has 0 bridgehead atoms. The number of nitrogens with zero attached hydrogens (tertiary/aromatic N) is 1. The van der Waals surface area contributed by atoms with Crippen molar-refractivity contribution in [3.63, 3.8) is 0 Å².